The summed E-state index contributed by atoms with van der Waals surface area (Å²) in [5.41, 5.74) is 1.39. The molecule has 2 aromatic carbocycles. The molecule has 0 heterocycles. The van der Waals surface area contributed by atoms with Crippen molar-refractivity contribution in [1.29, 1.82) is 0 Å². The summed E-state index contributed by atoms with van der Waals surface area (Å²) in [6.07, 6.45) is 1.15. The normalized spacial score (nSPS) is 13.1. The van der Waals surface area contributed by atoms with Crippen molar-refractivity contribution in [2.45, 2.75) is 32.9 Å². The molecule has 0 aliphatic heterocycles. The van der Waals surface area contributed by atoms with Crippen molar-refractivity contribution in [3.63, 3.8) is 0 Å². The molecule has 1 atom stereocenters. The molecular weight excluding hydrogens is 254 g/mol. The van der Waals surface area contributed by atoms with Crippen LogP contribution in [0.3, 0.4) is 0 Å². The first-order valence-electron chi connectivity index (χ1n) is 7.03. The summed E-state index contributed by atoms with van der Waals surface area (Å²) < 4.78 is 0. The molecule has 0 amide bonds. The zero-order valence-corrected chi connectivity index (χ0v) is 12.5. The Morgan fingerprint density at radius 2 is 1.84 bits per heavy atom. The van der Waals surface area contributed by atoms with E-state index >= 15 is 0 Å². The van der Waals surface area contributed by atoms with Crippen LogP contribution in [-0.2, 0) is 6.54 Å². The summed E-state index contributed by atoms with van der Waals surface area (Å²) in [4.78, 5) is 2.47. The molecule has 0 bridgehead atoms. The van der Waals surface area contributed by atoms with E-state index in [-0.39, 0.29) is 0 Å². The Kier molecular flexibility index (Phi) is 5.24. The molecule has 2 aromatic rings. The van der Waals surface area contributed by atoms with Crippen LogP contribution >= 0.6 is 11.6 Å². The van der Waals surface area contributed by atoms with Crippen LogP contribution in [0.25, 0.3) is 10.8 Å². The van der Waals surface area contributed by atoms with E-state index in [4.69, 9.17) is 11.6 Å². The highest BCUT2D eigenvalue weighted by Gasteiger charge is 2.13. The smallest absolute Gasteiger partial charge is 0.0351 e. The van der Waals surface area contributed by atoms with Crippen LogP contribution in [0.4, 0.5) is 0 Å². The zero-order chi connectivity index (χ0) is 13.7. The second-order valence-corrected chi connectivity index (χ2v) is 5.43. The highest BCUT2D eigenvalue weighted by atomic mass is 35.5. The molecule has 2 rings (SSSR count). The SMILES string of the molecule is CCC(C)N(CCCl)Cc1cccc2ccccc12. The fourth-order valence-electron chi connectivity index (χ4n) is 2.47. The van der Waals surface area contributed by atoms with Gasteiger partial charge < -0.3 is 0 Å². The number of halogens is 1. The largest absolute Gasteiger partial charge is 0.295 e. The van der Waals surface area contributed by atoms with Crippen molar-refractivity contribution in [2.75, 3.05) is 12.4 Å². The Morgan fingerprint density at radius 3 is 2.58 bits per heavy atom. The molecule has 1 unspecified atom stereocenters. The number of nitrogens with zero attached hydrogens (tertiary/aromatic N) is 1. The highest BCUT2D eigenvalue weighted by molar-refractivity contribution is 6.18. The summed E-state index contributed by atoms with van der Waals surface area (Å²) >= 11 is 5.94. The van der Waals surface area contributed by atoms with E-state index in [2.05, 4.69) is 61.2 Å². The molecule has 0 radical (unpaired) electrons. The summed E-state index contributed by atoms with van der Waals surface area (Å²) in [6.45, 7) is 6.43. The molecule has 2 heteroatoms. The lowest BCUT2D eigenvalue weighted by atomic mass is 10.0. The van der Waals surface area contributed by atoms with Gasteiger partial charge in [-0.1, -0.05) is 49.4 Å². The van der Waals surface area contributed by atoms with E-state index in [1.807, 2.05) is 0 Å². The molecule has 0 saturated carbocycles. The summed E-state index contributed by atoms with van der Waals surface area (Å²) in [6, 6.07) is 15.7. The first kappa shape index (κ1) is 14.4. The average Bonchev–Trinajstić information content (AvgIpc) is 2.46. The first-order valence-corrected chi connectivity index (χ1v) is 7.56. The lowest BCUT2D eigenvalue weighted by Gasteiger charge is -2.28. The molecule has 0 aliphatic carbocycles. The standard InChI is InChI=1S/C17H22ClN/c1-3-14(2)19(12-11-18)13-16-9-6-8-15-7-4-5-10-17(15)16/h4-10,14H,3,11-13H2,1-2H3. The second kappa shape index (κ2) is 6.93. The third kappa shape index (κ3) is 3.49. The van der Waals surface area contributed by atoms with Gasteiger partial charge >= 0.3 is 0 Å². The molecule has 0 spiro atoms. The maximum atomic E-state index is 5.94. The number of alkyl halides is 1. The number of benzene rings is 2. The van der Waals surface area contributed by atoms with E-state index in [0.29, 0.717) is 11.9 Å². The molecule has 0 fully saturated rings. The van der Waals surface area contributed by atoms with Gasteiger partial charge in [0.15, 0.2) is 0 Å². The molecule has 0 N–H and O–H groups in total. The monoisotopic (exact) mass is 275 g/mol. The average molecular weight is 276 g/mol. The minimum absolute atomic E-state index is 0.567. The van der Waals surface area contributed by atoms with Gasteiger partial charge in [0.2, 0.25) is 0 Å². The van der Waals surface area contributed by atoms with Crippen LogP contribution in [0.2, 0.25) is 0 Å². The maximum absolute atomic E-state index is 5.94. The topological polar surface area (TPSA) is 3.24 Å². The van der Waals surface area contributed by atoms with E-state index < -0.39 is 0 Å². The van der Waals surface area contributed by atoms with Gasteiger partial charge in [-0.05, 0) is 29.7 Å². The minimum Gasteiger partial charge on any atom is -0.295 e. The number of hydrogen-bond acceptors (Lipinski definition) is 1. The third-order valence-electron chi connectivity index (χ3n) is 3.84. The van der Waals surface area contributed by atoms with E-state index in [1.54, 1.807) is 0 Å². The lowest BCUT2D eigenvalue weighted by Crippen LogP contribution is -2.33. The van der Waals surface area contributed by atoms with Gasteiger partial charge in [-0.15, -0.1) is 11.6 Å². The van der Waals surface area contributed by atoms with Crippen molar-refractivity contribution >= 4 is 22.4 Å². The highest BCUT2D eigenvalue weighted by Crippen LogP contribution is 2.21. The Balaban J connectivity index is 2.28. The first-order chi connectivity index (χ1) is 9.26. The van der Waals surface area contributed by atoms with Crippen molar-refractivity contribution in [1.82, 2.24) is 4.90 Å². The van der Waals surface area contributed by atoms with Gasteiger partial charge in [0, 0.05) is 25.0 Å². The van der Waals surface area contributed by atoms with Crippen LogP contribution in [-0.4, -0.2) is 23.4 Å². The van der Waals surface area contributed by atoms with Crippen LogP contribution in [0.5, 0.6) is 0 Å². The Morgan fingerprint density at radius 1 is 1.11 bits per heavy atom. The second-order valence-electron chi connectivity index (χ2n) is 5.06. The molecule has 0 aromatic heterocycles. The van der Waals surface area contributed by atoms with Crippen molar-refractivity contribution in [3.05, 3.63) is 48.0 Å². The van der Waals surface area contributed by atoms with Gasteiger partial charge in [0.1, 0.15) is 0 Å². The van der Waals surface area contributed by atoms with Crippen molar-refractivity contribution in [3.8, 4) is 0 Å². The molecular formula is C17H22ClN. The lowest BCUT2D eigenvalue weighted by molar-refractivity contribution is 0.208. The maximum Gasteiger partial charge on any atom is 0.0351 e. The van der Waals surface area contributed by atoms with Gasteiger partial charge in [-0.2, -0.15) is 0 Å². The number of rotatable bonds is 6. The van der Waals surface area contributed by atoms with Crippen molar-refractivity contribution < 1.29 is 0 Å². The Hall–Kier alpha value is -1.05. The zero-order valence-electron chi connectivity index (χ0n) is 11.8. The third-order valence-corrected chi connectivity index (χ3v) is 4.01. The summed E-state index contributed by atoms with van der Waals surface area (Å²) in [5, 5.41) is 2.67. The fourth-order valence-corrected chi connectivity index (χ4v) is 2.69. The predicted octanol–water partition coefficient (Wildman–Crippen LogP) is 4.68. The summed E-state index contributed by atoms with van der Waals surface area (Å²) in [7, 11) is 0. The van der Waals surface area contributed by atoms with Crippen LogP contribution in [0, 0.1) is 0 Å². The van der Waals surface area contributed by atoms with Gasteiger partial charge in [0.05, 0.1) is 0 Å². The predicted molar refractivity (Wildman–Crippen MR) is 84.8 cm³/mol. The quantitative estimate of drug-likeness (QED) is 0.692. The molecule has 0 aliphatic rings. The van der Waals surface area contributed by atoms with E-state index in [0.717, 1.165) is 19.5 Å². The Labute approximate surface area is 121 Å². The Bertz CT molecular complexity index is 518. The molecule has 102 valence electrons. The van der Waals surface area contributed by atoms with Crippen LogP contribution in [0.1, 0.15) is 25.8 Å². The summed E-state index contributed by atoms with van der Waals surface area (Å²) in [5.74, 6) is 0.690. The van der Waals surface area contributed by atoms with E-state index in [1.165, 1.54) is 16.3 Å². The molecule has 0 saturated heterocycles. The van der Waals surface area contributed by atoms with Gasteiger partial charge in [-0.3, -0.25) is 4.90 Å². The fraction of sp³-hybridized carbons (Fsp3) is 0.412. The number of hydrogen-bond donors (Lipinski definition) is 0. The molecule has 19 heavy (non-hydrogen) atoms. The van der Waals surface area contributed by atoms with Gasteiger partial charge in [0.25, 0.3) is 0 Å². The van der Waals surface area contributed by atoms with Gasteiger partial charge in [-0.25, -0.2) is 0 Å². The molecule has 1 nitrogen and oxygen atoms in total. The van der Waals surface area contributed by atoms with Crippen molar-refractivity contribution in [2.24, 2.45) is 0 Å². The number of fused-ring (bicyclic) bond motifs is 1. The van der Waals surface area contributed by atoms with E-state index in [9.17, 15) is 0 Å². The van der Waals surface area contributed by atoms with Crippen LogP contribution < -0.4 is 0 Å². The minimum atomic E-state index is 0.567. The van der Waals surface area contributed by atoms with Crippen LogP contribution in [0.15, 0.2) is 42.5 Å².